The summed E-state index contributed by atoms with van der Waals surface area (Å²) < 4.78 is 27.1. The Labute approximate surface area is 134 Å². The molecule has 0 N–H and O–H groups in total. The maximum atomic E-state index is 12.7. The molecule has 0 radical (unpaired) electrons. The van der Waals surface area contributed by atoms with Crippen LogP contribution in [0.15, 0.2) is 40.8 Å². The lowest BCUT2D eigenvalue weighted by molar-refractivity contribution is 0.315. The van der Waals surface area contributed by atoms with E-state index in [9.17, 15) is 8.42 Å². The Morgan fingerprint density at radius 1 is 1.09 bits per heavy atom. The van der Waals surface area contributed by atoms with E-state index in [0.29, 0.717) is 18.0 Å². The fourth-order valence-electron chi connectivity index (χ4n) is 2.54. The Hall–Kier alpha value is -1.17. The van der Waals surface area contributed by atoms with Gasteiger partial charge in [0.05, 0.1) is 4.90 Å². The number of aryl methyl sites for hydroxylation is 1. The number of benzene rings is 1. The van der Waals surface area contributed by atoms with Crippen LogP contribution in [-0.2, 0) is 10.0 Å². The Morgan fingerprint density at radius 3 is 2.41 bits per heavy atom. The zero-order valence-electron chi connectivity index (χ0n) is 13.7. The monoisotopic (exact) mass is 322 g/mol. The van der Waals surface area contributed by atoms with Gasteiger partial charge in [-0.15, -0.1) is 0 Å². The molecule has 0 unspecified atom stereocenters. The molecular formula is C17H26N2O2S. The summed E-state index contributed by atoms with van der Waals surface area (Å²) in [5.41, 5.74) is 2.37. The fraction of sp³-hybridized carbons (Fsp3) is 0.529. The molecule has 2 rings (SSSR count). The average Bonchev–Trinajstić information content (AvgIpc) is 2.71. The van der Waals surface area contributed by atoms with E-state index in [0.717, 1.165) is 31.6 Å². The second-order valence-corrected chi connectivity index (χ2v) is 8.09. The highest BCUT2D eigenvalue weighted by molar-refractivity contribution is 7.89. The predicted molar refractivity (Wildman–Crippen MR) is 90.4 cm³/mol. The van der Waals surface area contributed by atoms with Crippen molar-refractivity contribution in [3.8, 4) is 0 Å². The third kappa shape index (κ3) is 4.41. The van der Waals surface area contributed by atoms with Gasteiger partial charge in [-0.25, -0.2) is 8.42 Å². The minimum Gasteiger partial charge on any atom is -0.298 e. The fourth-order valence-corrected chi connectivity index (χ4v) is 4.01. The normalized spacial score (nSPS) is 18.0. The quantitative estimate of drug-likeness (QED) is 0.800. The minimum absolute atomic E-state index is 0.399. The molecule has 0 atom stereocenters. The molecule has 1 fully saturated rings. The predicted octanol–water partition coefficient (Wildman–Crippen LogP) is 2.66. The van der Waals surface area contributed by atoms with E-state index in [4.69, 9.17) is 0 Å². The van der Waals surface area contributed by atoms with Gasteiger partial charge in [0.1, 0.15) is 0 Å². The molecule has 1 aromatic rings. The van der Waals surface area contributed by atoms with Crippen LogP contribution in [0.5, 0.6) is 0 Å². The lowest BCUT2D eigenvalue weighted by Crippen LogP contribution is -2.35. The zero-order chi connectivity index (χ0) is 16.2. The highest BCUT2D eigenvalue weighted by atomic mass is 32.2. The number of nitrogens with zero attached hydrogens (tertiary/aromatic N) is 2. The van der Waals surface area contributed by atoms with Crippen LogP contribution in [0.1, 0.15) is 25.8 Å². The molecule has 0 spiro atoms. The number of rotatable bonds is 4. The lowest BCUT2D eigenvalue weighted by Gasteiger charge is -2.21. The van der Waals surface area contributed by atoms with Crippen molar-refractivity contribution >= 4 is 10.0 Å². The van der Waals surface area contributed by atoms with Crippen LogP contribution < -0.4 is 0 Å². The van der Waals surface area contributed by atoms with Crippen molar-refractivity contribution in [3.63, 3.8) is 0 Å². The van der Waals surface area contributed by atoms with Gasteiger partial charge in [-0.2, -0.15) is 4.31 Å². The van der Waals surface area contributed by atoms with Crippen LogP contribution in [0.2, 0.25) is 0 Å². The van der Waals surface area contributed by atoms with Crippen molar-refractivity contribution in [3.05, 3.63) is 41.5 Å². The summed E-state index contributed by atoms with van der Waals surface area (Å²) in [5.74, 6) is 0. The Bertz CT molecular complexity index is 617. The average molecular weight is 322 g/mol. The molecule has 4 nitrogen and oxygen atoms in total. The first-order chi connectivity index (χ1) is 10.4. The summed E-state index contributed by atoms with van der Waals surface area (Å²) >= 11 is 0. The summed E-state index contributed by atoms with van der Waals surface area (Å²) in [7, 11) is -3.37. The zero-order valence-corrected chi connectivity index (χ0v) is 14.6. The summed E-state index contributed by atoms with van der Waals surface area (Å²) in [6.07, 6.45) is 3.08. The topological polar surface area (TPSA) is 40.6 Å². The molecule has 0 aromatic heterocycles. The summed E-state index contributed by atoms with van der Waals surface area (Å²) in [5, 5.41) is 0. The van der Waals surface area contributed by atoms with E-state index in [1.54, 1.807) is 16.4 Å². The second kappa shape index (κ2) is 7.40. The van der Waals surface area contributed by atoms with Crippen LogP contribution in [-0.4, -0.2) is 50.3 Å². The van der Waals surface area contributed by atoms with Crippen LogP contribution in [0, 0.1) is 6.92 Å². The Balaban J connectivity index is 2.06. The number of hydrogen-bond donors (Lipinski definition) is 0. The molecule has 0 bridgehead atoms. The molecule has 1 aliphatic rings. The number of allylic oxidation sites excluding steroid dienone is 1. The van der Waals surface area contributed by atoms with Gasteiger partial charge in [0, 0.05) is 26.2 Å². The van der Waals surface area contributed by atoms with Gasteiger partial charge in [0.15, 0.2) is 0 Å². The Kier molecular flexibility index (Phi) is 5.78. The maximum absolute atomic E-state index is 12.7. The summed E-state index contributed by atoms with van der Waals surface area (Å²) in [6.45, 7) is 9.94. The molecule has 0 amide bonds. The first-order valence-corrected chi connectivity index (χ1v) is 9.26. The molecule has 1 aromatic carbocycles. The molecule has 1 aliphatic heterocycles. The molecule has 1 saturated heterocycles. The third-order valence-electron chi connectivity index (χ3n) is 3.96. The van der Waals surface area contributed by atoms with Crippen molar-refractivity contribution in [2.75, 3.05) is 32.7 Å². The first kappa shape index (κ1) is 17.2. The number of hydrogen-bond acceptors (Lipinski definition) is 3. The highest BCUT2D eigenvalue weighted by Gasteiger charge is 2.26. The van der Waals surface area contributed by atoms with Crippen LogP contribution >= 0.6 is 0 Å². The molecule has 1 heterocycles. The van der Waals surface area contributed by atoms with E-state index in [1.165, 1.54) is 5.57 Å². The molecule has 22 heavy (non-hydrogen) atoms. The van der Waals surface area contributed by atoms with Crippen LogP contribution in [0.4, 0.5) is 0 Å². The maximum Gasteiger partial charge on any atom is 0.243 e. The second-order valence-electron chi connectivity index (χ2n) is 6.15. The standard InChI is InChI=1S/C17H26N2O2S/c1-15(2)9-12-18-10-4-11-19(14-13-18)22(20,21)17-7-5-16(3)6-8-17/h5-9H,4,10-14H2,1-3H3. The van der Waals surface area contributed by atoms with Gasteiger partial charge in [-0.1, -0.05) is 29.3 Å². The minimum atomic E-state index is -3.37. The smallest absolute Gasteiger partial charge is 0.243 e. The van der Waals surface area contributed by atoms with E-state index >= 15 is 0 Å². The van der Waals surface area contributed by atoms with Crippen molar-refractivity contribution in [2.45, 2.75) is 32.1 Å². The molecule has 0 saturated carbocycles. The summed E-state index contributed by atoms with van der Waals surface area (Å²) in [6, 6.07) is 7.12. The van der Waals surface area contributed by atoms with E-state index in [2.05, 4.69) is 24.8 Å². The molecule has 122 valence electrons. The third-order valence-corrected chi connectivity index (χ3v) is 5.88. The number of sulfonamides is 1. The molecular weight excluding hydrogens is 296 g/mol. The van der Waals surface area contributed by atoms with Gasteiger partial charge < -0.3 is 0 Å². The van der Waals surface area contributed by atoms with Crippen LogP contribution in [0.25, 0.3) is 0 Å². The summed E-state index contributed by atoms with van der Waals surface area (Å²) in [4.78, 5) is 2.72. The largest absolute Gasteiger partial charge is 0.298 e. The molecule has 0 aliphatic carbocycles. The van der Waals surface area contributed by atoms with Gasteiger partial charge in [0.2, 0.25) is 10.0 Å². The first-order valence-electron chi connectivity index (χ1n) is 7.82. The van der Waals surface area contributed by atoms with Crippen molar-refractivity contribution in [1.29, 1.82) is 0 Å². The lowest BCUT2D eigenvalue weighted by atomic mass is 10.2. The van der Waals surface area contributed by atoms with Gasteiger partial charge >= 0.3 is 0 Å². The highest BCUT2D eigenvalue weighted by Crippen LogP contribution is 2.18. The van der Waals surface area contributed by atoms with Crippen molar-refractivity contribution in [1.82, 2.24) is 9.21 Å². The van der Waals surface area contributed by atoms with Crippen molar-refractivity contribution < 1.29 is 8.42 Å². The SMILES string of the molecule is CC(C)=CCN1CCCN(S(=O)(=O)c2ccc(C)cc2)CC1. The molecule has 5 heteroatoms. The van der Waals surface area contributed by atoms with E-state index in [1.807, 2.05) is 19.1 Å². The van der Waals surface area contributed by atoms with E-state index < -0.39 is 10.0 Å². The van der Waals surface area contributed by atoms with E-state index in [-0.39, 0.29) is 0 Å². The van der Waals surface area contributed by atoms with Crippen molar-refractivity contribution in [2.24, 2.45) is 0 Å². The van der Waals surface area contributed by atoms with Gasteiger partial charge in [-0.3, -0.25) is 4.90 Å². The Morgan fingerprint density at radius 2 is 1.77 bits per heavy atom. The van der Waals surface area contributed by atoms with Gasteiger partial charge in [-0.05, 0) is 45.9 Å². The van der Waals surface area contributed by atoms with Gasteiger partial charge in [0.25, 0.3) is 0 Å². The van der Waals surface area contributed by atoms with Crippen LogP contribution in [0.3, 0.4) is 0 Å².